The summed E-state index contributed by atoms with van der Waals surface area (Å²) in [5, 5.41) is 0. The monoisotopic (exact) mass is 1400 g/mol. The van der Waals surface area contributed by atoms with Gasteiger partial charge in [-0.25, -0.2) is 39.5 Å². The molecule has 0 aromatic carbocycles. The van der Waals surface area contributed by atoms with Gasteiger partial charge in [0.1, 0.15) is 51.0 Å². The molecule has 2 saturated carbocycles. The van der Waals surface area contributed by atoms with Crippen LogP contribution in [0.2, 0.25) is 0 Å². The SMILES string of the molecule is CC(C)C(C(C)C)C(C)(F)C(C(C)C)C(C)C.CC(C)C(C)(F)C(C)C.CC1(C)CCC(C)(F)CC1.CC1(F)CCCCC1.CCC(C)(CC)C(C)(F)C(C)(CC)CC.CCC(C)(F)C(C)C.CCC(C)(F)CC.CCC(CC)C(C)(F)C(CC)CC.CCCC(C)(F)CCC. The molecule has 2 rings (SSSR count). The number of alkyl halides is 9. The molecule has 0 spiro atoms. The van der Waals surface area contributed by atoms with E-state index in [1.165, 1.54) is 6.42 Å². The summed E-state index contributed by atoms with van der Waals surface area (Å²) in [5.41, 5.74) is -8.60. The van der Waals surface area contributed by atoms with Crippen LogP contribution < -0.4 is 0 Å². The first-order valence-corrected chi connectivity index (χ1v) is 40.3. The van der Waals surface area contributed by atoms with Crippen LogP contribution >= 0.6 is 0 Å². The highest BCUT2D eigenvalue weighted by Gasteiger charge is 2.53. The predicted octanol–water partition coefficient (Wildman–Crippen LogP) is 33.2. The lowest BCUT2D eigenvalue weighted by atomic mass is 9.57. The van der Waals surface area contributed by atoms with Crippen molar-refractivity contribution in [3.63, 3.8) is 0 Å². The van der Waals surface area contributed by atoms with Gasteiger partial charge < -0.3 is 0 Å². The lowest BCUT2D eigenvalue weighted by Crippen LogP contribution is -2.51. The molecule has 0 N–H and O–H groups in total. The van der Waals surface area contributed by atoms with Crippen LogP contribution in [0.15, 0.2) is 0 Å². The molecule has 9 heteroatoms. The molecule has 590 valence electrons. The Kier molecular flexibility index (Phi) is 56.6. The maximum atomic E-state index is 15.4. The lowest BCUT2D eigenvalue weighted by molar-refractivity contribution is -0.0946. The van der Waals surface area contributed by atoms with E-state index in [4.69, 9.17) is 0 Å². The fraction of sp³-hybridized carbons (Fsp3) is 1.00. The molecule has 0 nitrogen and oxygen atoms in total. The Balaban J connectivity index is -0.000000188. The quantitative estimate of drug-likeness (QED) is 0.0685. The van der Waals surface area contributed by atoms with Gasteiger partial charge in [-0.05, 0) is 229 Å². The maximum absolute atomic E-state index is 15.4. The molecule has 2 aliphatic rings. The van der Waals surface area contributed by atoms with Gasteiger partial charge in [0.15, 0.2) is 0 Å². The van der Waals surface area contributed by atoms with Crippen molar-refractivity contribution in [1.82, 2.24) is 0 Å². The molecular weight excluding hydrogens is 1220 g/mol. The molecule has 2 fully saturated rings. The predicted molar refractivity (Wildman–Crippen MR) is 418 cm³/mol. The van der Waals surface area contributed by atoms with Crippen LogP contribution in [0.4, 0.5) is 39.5 Å². The van der Waals surface area contributed by atoms with Crippen LogP contribution in [0.25, 0.3) is 0 Å². The van der Waals surface area contributed by atoms with Gasteiger partial charge in [0.05, 0.1) is 0 Å². The van der Waals surface area contributed by atoms with Crippen LogP contribution in [-0.4, -0.2) is 51.0 Å². The normalized spacial score (nSPS) is 16.8. The van der Waals surface area contributed by atoms with Gasteiger partial charge in [-0.2, -0.15) is 0 Å². The zero-order chi connectivity index (χ0) is 78.3. The number of rotatable bonds is 28. The smallest absolute Gasteiger partial charge is 0.118 e. The van der Waals surface area contributed by atoms with Gasteiger partial charge in [0, 0.05) is 10.8 Å². The molecule has 0 radical (unpaired) electrons. The van der Waals surface area contributed by atoms with Crippen LogP contribution in [0.5, 0.6) is 0 Å². The summed E-state index contributed by atoms with van der Waals surface area (Å²) < 4.78 is 123. The summed E-state index contributed by atoms with van der Waals surface area (Å²) in [6, 6.07) is 0. The summed E-state index contributed by atoms with van der Waals surface area (Å²) in [6.45, 7) is 79.3. The second kappa shape index (κ2) is 49.9. The standard InChI is InChI=1S/C16H33F.C14H29F.C12H25F.C9H17F.2C8H17F.C7H13F.C7H15F.C6H13F/c1-10(2)14(11(3)4)16(9,17)15(12(5)6)13(7)8;1-8-12(5,9-2)14(7,15)13(6,10-3)11-4;1-6-10(7-2)12(5,13)11(8-3)9-4;1-8(2)4-6-9(3,10)7-5-8;1-6(2)8(5,9)7(3)4;1-4-6-8(3,9)7-5-2;1-7(8)5-3-2-4-6-7;1-5-7(4,8)6(2)3;1-4-6(3,7)5-2/h10-15H,1-9H3;8-11H2,1-7H3;10-11H,6-9H2,1-5H3;4-7H2,1-3H3;6-7H,1-5H3;4-7H2,1-3H3;2-6H2,1H3;6H,5H2,1-4H3;4-5H2,1-3H3. The molecule has 1 unspecified atom stereocenters. The summed E-state index contributed by atoms with van der Waals surface area (Å²) in [7, 11) is 0. The Labute approximate surface area is 600 Å². The summed E-state index contributed by atoms with van der Waals surface area (Å²) in [4.78, 5) is 0. The Morgan fingerprint density at radius 2 is 0.583 bits per heavy atom. The minimum atomic E-state index is -1.09. The Hall–Kier alpha value is -0.630. The fourth-order valence-corrected chi connectivity index (χ4v) is 14.7. The molecule has 0 aromatic heterocycles. The largest absolute Gasteiger partial charge is 0.244 e. The van der Waals surface area contributed by atoms with Crippen molar-refractivity contribution < 1.29 is 39.5 Å². The minimum Gasteiger partial charge on any atom is -0.244 e. The molecule has 0 aliphatic heterocycles. The summed E-state index contributed by atoms with van der Waals surface area (Å²) >= 11 is 0. The summed E-state index contributed by atoms with van der Waals surface area (Å²) in [5.74, 6) is 2.71. The molecule has 2 aliphatic carbocycles. The van der Waals surface area contributed by atoms with Crippen molar-refractivity contribution in [3.05, 3.63) is 0 Å². The molecular formula is C87H179F9. The van der Waals surface area contributed by atoms with Gasteiger partial charge in [-0.15, -0.1) is 0 Å². The highest BCUT2D eigenvalue weighted by atomic mass is 19.2. The first kappa shape index (κ1) is 109. The Morgan fingerprint density at radius 3 is 0.719 bits per heavy atom. The first-order valence-electron chi connectivity index (χ1n) is 40.3. The third-order valence-corrected chi connectivity index (χ3v) is 24.8. The van der Waals surface area contributed by atoms with Crippen molar-refractivity contribution in [2.45, 2.75) is 482 Å². The van der Waals surface area contributed by atoms with E-state index < -0.39 is 51.0 Å². The average molecular weight is 1400 g/mol. The first-order chi connectivity index (χ1) is 43.1. The zero-order valence-corrected chi connectivity index (χ0v) is 72.7. The van der Waals surface area contributed by atoms with Crippen LogP contribution in [0.3, 0.4) is 0 Å². The van der Waals surface area contributed by atoms with Gasteiger partial charge in [-0.3, -0.25) is 0 Å². The Morgan fingerprint density at radius 1 is 0.312 bits per heavy atom. The molecule has 0 heterocycles. The van der Waals surface area contributed by atoms with E-state index in [9.17, 15) is 30.7 Å². The average Bonchev–Trinajstić information content (AvgIpc) is 0.784. The highest BCUT2D eigenvalue weighted by Crippen LogP contribution is 2.54. The van der Waals surface area contributed by atoms with E-state index in [1.54, 1.807) is 48.5 Å². The second-order valence-corrected chi connectivity index (χ2v) is 35.7. The second-order valence-electron chi connectivity index (χ2n) is 35.7. The number of halogens is 9. The van der Waals surface area contributed by atoms with Gasteiger partial charge in [-0.1, -0.05) is 272 Å². The van der Waals surface area contributed by atoms with Crippen molar-refractivity contribution in [2.75, 3.05) is 0 Å². The molecule has 96 heavy (non-hydrogen) atoms. The van der Waals surface area contributed by atoms with E-state index >= 15 is 8.78 Å². The van der Waals surface area contributed by atoms with Crippen molar-refractivity contribution >= 4 is 0 Å². The molecule has 0 saturated heterocycles. The van der Waals surface area contributed by atoms with E-state index in [0.717, 1.165) is 116 Å². The fourth-order valence-electron chi connectivity index (χ4n) is 14.7. The van der Waals surface area contributed by atoms with Gasteiger partial charge in [0.2, 0.25) is 0 Å². The molecule has 0 amide bonds. The van der Waals surface area contributed by atoms with E-state index in [1.807, 2.05) is 90.0 Å². The maximum Gasteiger partial charge on any atom is 0.118 e. The summed E-state index contributed by atoms with van der Waals surface area (Å²) in [6.07, 6.45) is 21.2. The molecule has 0 bridgehead atoms. The zero-order valence-electron chi connectivity index (χ0n) is 72.7. The van der Waals surface area contributed by atoms with E-state index in [0.29, 0.717) is 61.2 Å². The third-order valence-electron chi connectivity index (χ3n) is 24.8. The van der Waals surface area contributed by atoms with E-state index in [2.05, 4.69) is 138 Å². The molecule has 0 aromatic rings. The van der Waals surface area contributed by atoms with Crippen molar-refractivity contribution in [2.24, 2.45) is 81.3 Å². The van der Waals surface area contributed by atoms with Gasteiger partial charge >= 0.3 is 0 Å². The van der Waals surface area contributed by atoms with Crippen molar-refractivity contribution in [3.8, 4) is 0 Å². The molecule has 1 atom stereocenters. The van der Waals surface area contributed by atoms with Gasteiger partial charge in [0.25, 0.3) is 0 Å². The Bertz CT molecular complexity index is 1650. The van der Waals surface area contributed by atoms with E-state index in [-0.39, 0.29) is 52.3 Å². The highest BCUT2D eigenvalue weighted by molar-refractivity contribution is 5.02. The minimum absolute atomic E-state index is 0.123. The number of hydrogen-bond acceptors (Lipinski definition) is 0. The van der Waals surface area contributed by atoms with Crippen LogP contribution in [0.1, 0.15) is 431 Å². The van der Waals surface area contributed by atoms with Crippen LogP contribution in [0, 0.1) is 81.3 Å². The van der Waals surface area contributed by atoms with Crippen LogP contribution in [-0.2, 0) is 0 Å². The van der Waals surface area contributed by atoms with Crippen molar-refractivity contribution in [1.29, 1.82) is 0 Å². The topological polar surface area (TPSA) is 0 Å². The number of hydrogen-bond donors (Lipinski definition) is 0. The lowest BCUT2D eigenvalue weighted by Gasteiger charge is -2.51. The third kappa shape index (κ3) is 42.8.